The van der Waals surface area contributed by atoms with Crippen molar-refractivity contribution in [1.82, 2.24) is 5.32 Å². The summed E-state index contributed by atoms with van der Waals surface area (Å²) in [5.41, 5.74) is 0.449. The van der Waals surface area contributed by atoms with Gasteiger partial charge >= 0.3 is 6.18 Å². The third kappa shape index (κ3) is 5.42. The van der Waals surface area contributed by atoms with E-state index in [0.29, 0.717) is 18.7 Å². The number of nitrogens with one attached hydrogen (secondary N) is 1. The van der Waals surface area contributed by atoms with E-state index in [9.17, 15) is 17.6 Å². The number of ether oxygens (including phenoxy) is 2. The van der Waals surface area contributed by atoms with Crippen LogP contribution in [0.1, 0.15) is 22.7 Å². The highest BCUT2D eigenvalue weighted by Crippen LogP contribution is 2.32. The van der Waals surface area contributed by atoms with Crippen molar-refractivity contribution in [2.75, 3.05) is 19.8 Å². The molecule has 146 valence electrons. The molecule has 3 rings (SSSR count). The molecule has 1 fully saturated rings. The molecule has 2 unspecified atom stereocenters. The first-order chi connectivity index (χ1) is 12.8. The van der Waals surface area contributed by atoms with Crippen LogP contribution in [-0.2, 0) is 22.1 Å². The second kappa shape index (κ2) is 8.56. The van der Waals surface area contributed by atoms with Crippen LogP contribution in [0.15, 0.2) is 42.5 Å². The largest absolute Gasteiger partial charge is 0.416 e. The van der Waals surface area contributed by atoms with Crippen molar-refractivity contribution in [3.63, 3.8) is 0 Å². The number of halogens is 5. The topological polar surface area (TPSA) is 30.5 Å². The van der Waals surface area contributed by atoms with E-state index in [-0.39, 0.29) is 29.9 Å². The van der Waals surface area contributed by atoms with Crippen LogP contribution >= 0.6 is 11.6 Å². The Morgan fingerprint density at radius 2 is 1.89 bits per heavy atom. The molecule has 2 aromatic carbocycles. The summed E-state index contributed by atoms with van der Waals surface area (Å²) in [6.07, 6.45) is -4.82. The van der Waals surface area contributed by atoms with Crippen LogP contribution in [0, 0.1) is 5.82 Å². The zero-order valence-corrected chi connectivity index (χ0v) is 15.0. The van der Waals surface area contributed by atoms with Crippen molar-refractivity contribution in [2.24, 2.45) is 0 Å². The van der Waals surface area contributed by atoms with Gasteiger partial charge in [0.1, 0.15) is 5.82 Å². The molecule has 1 saturated heterocycles. The van der Waals surface area contributed by atoms with Gasteiger partial charge in [-0.2, -0.15) is 13.2 Å². The molecule has 2 atom stereocenters. The quantitative estimate of drug-likeness (QED) is 0.731. The molecule has 3 nitrogen and oxygen atoms in total. The lowest BCUT2D eigenvalue weighted by Gasteiger charge is -2.33. The number of benzene rings is 2. The minimum Gasteiger partial charge on any atom is -0.350 e. The first-order valence-corrected chi connectivity index (χ1v) is 8.79. The van der Waals surface area contributed by atoms with Gasteiger partial charge in [-0.05, 0) is 47.9 Å². The number of rotatable bonds is 5. The predicted octanol–water partition coefficient (Wildman–Crippen LogP) is 4.74. The minimum atomic E-state index is -4.45. The average molecular weight is 404 g/mol. The van der Waals surface area contributed by atoms with Crippen molar-refractivity contribution in [3.8, 4) is 0 Å². The van der Waals surface area contributed by atoms with E-state index >= 15 is 0 Å². The van der Waals surface area contributed by atoms with Crippen LogP contribution in [0.2, 0.25) is 5.02 Å². The number of morpholine rings is 1. The monoisotopic (exact) mass is 403 g/mol. The van der Waals surface area contributed by atoms with Gasteiger partial charge in [-0.25, -0.2) is 4.39 Å². The van der Waals surface area contributed by atoms with Gasteiger partial charge in [0.05, 0.1) is 24.8 Å². The summed E-state index contributed by atoms with van der Waals surface area (Å²) in [4.78, 5) is 0. The Bertz CT molecular complexity index is 767. The third-order valence-corrected chi connectivity index (χ3v) is 4.43. The van der Waals surface area contributed by atoms with Crippen LogP contribution in [0.3, 0.4) is 0 Å². The van der Waals surface area contributed by atoms with Gasteiger partial charge in [-0.15, -0.1) is 0 Å². The van der Waals surface area contributed by atoms with E-state index in [1.807, 2.05) is 0 Å². The summed E-state index contributed by atoms with van der Waals surface area (Å²) < 4.78 is 63.1. The lowest BCUT2D eigenvalue weighted by Crippen LogP contribution is -2.43. The van der Waals surface area contributed by atoms with Gasteiger partial charge in [0.25, 0.3) is 0 Å². The Morgan fingerprint density at radius 1 is 1.15 bits per heavy atom. The van der Waals surface area contributed by atoms with E-state index in [1.54, 1.807) is 12.1 Å². The van der Waals surface area contributed by atoms with Crippen LogP contribution in [-0.4, -0.2) is 26.0 Å². The Morgan fingerprint density at radius 3 is 2.59 bits per heavy atom. The van der Waals surface area contributed by atoms with Gasteiger partial charge in [-0.1, -0.05) is 23.7 Å². The molecule has 0 aliphatic carbocycles. The molecule has 0 spiro atoms. The van der Waals surface area contributed by atoms with E-state index in [0.717, 1.165) is 17.7 Å². The van der Waals surface area contributed by atoms with E-state index in [2.05, 4.69) is 5.32 Å². The molecule has 1 aliphatic heterocycles. The molecular weight excluding hydrogens is 386 g/mol. The fourth-order valence-corrected chi connectivity index (χ4v) is 3.18. The summed E-state index contributed by atoms with van der Waals surface area (Å²) in [5, 5.41) is 3.28. The maximum atomic E-state index is 13.1. The van der Waals surface area contributed by atoms with Crippen molar-refractivity contribution in [3.05, 3.63) is 70.0 Å². The van der Waals surface area contributed by atoms with Crippen molar-refractivity contribution in [1.29, 1.82) is 0 Å². The Kier molecular flexibility index (Phi) is 6.37. The standard InChI is InChI=1S/C19H18ClF4NO2/c20-15-10-12(9-14(11-15)19(22,23)24)5-7-26-18-17(25-6-8-27-18)13-1-3-16(21)4-2-13/h1-4,9-11,17-18,25H,5-8H2. The molecule has 0 radical (unpaired) electrons. The first kappa shape index (κ1) is 20.1. The maximum Gasteiger partial charge on any atom is 0.416 e. The van der Waals surface area contributed by atoms with Crippen LogP contribution < -0.4 is 5.32 Å². The highest BCUT2D eigenvalue weighted by molar-refractivity contribution is 6.30. The lowest BCUT2D eigenvalue weighted by molar-refractivity contribution is -0.176. The molecule has 1 heterocycles. The lowest BCUT2D eigenvalue weighted by atomic mass is 10.1. The smallest absolute Gasteiger partial charge is 0.350 e. The second-order valence-electron chi connectivity index (χ2n) is 6.19. The molecule has 0 amide bonds. The summed E-state index contributed by atoms with van der Waals surface area (Å²) in [6.45, 7) is 1.21. The van der Waals surface area contributed by atoms with Crippen molar-refractivity contribution < 1.29 is 27.0 Å². The fraction of sp³-hybridized carbons (Fsp3) is 0.368. The van der Waals surface area contributed by atoms with Crippen LogP contribution in [0.4, 0.5) is 17.6 Å². The summed E-state index contributed by atoms with van der Waals surface area (Å²) in [6, 6.07) is 9.15. The molecule has 1 aliphatic rings. The van der Waals surface area contributed by atoms with E-state index in [4.69, 9.17) is 21.1 Å². The van der Waals surface area contributed by atoms with Gasteiger partial charge in [-0.3, -0.25) is 0 Å². The van der Waals surface area contributed by atoms with Crippen molar-refractivity contribution >= 4 is 11.6 Å². The average Bonchev–Trinajstić information content (AvgIpc) is 2.62. The molecule has 8 heteroatoms. The molecule has 1 N–H and O–H groups in total. The summed E-state index contributed by atoms with van der Waals surface area (Å²) in [5.74, 6) is -0.339. The van der Waals surface area contributed by atoms with Crippen LogP contribution in [0.5, 0.6) is 0 Å². The molecule has 2 aromatic rings. The fourth-order valence-electron chi connectivity index (χ4n) is 2.92. The summed E-state index contributed by atoms with van der Waals surface area (Å²) in [7, 11) is 0. The van der Waals surface area contributed by atoms with E-state index < -0.39 is 18.0 Å². The molecule has 0 saturated carbocycles. The number of alkyl halides is 3. The Hall–Kier alpha value is -1.67. The second-order valence-corrected chi connectivity index (χ2v) is 6.63. The zero-order valence-electron chi connectivity index (χ0n) is 14.2. The molecule has 27 heavy (non-hydrogen) atoms. The third-order valence-electron chi connectivity index (χ3n) is 4.21. The first-order valence-electron chi connectivity index (χ1n) is 8.41. The Labute approximate surface area is 159 Å². The molecular formula is C19H18ClF4NO2. The van der Waals surface area contributed by atoms with Crippen LogP contribution in [0.25, 0.3) is 0 Å². The van der Waals surface area contributed by atoms with Gasteiger partial charge in [0.15, 0.2) is 6.29 Å². The van der Waals surface area contributed by atoms with Gasteiger partial charge in [0.2, 0.25) is 0 Å². The molecule has 0 aromatic heterocycles. The minimum absolute atomic E-state index is 0.0274. The maximum absolute atomic E-state index is 13.1. The van der Waals surface area contributed by atoms with E-state index in [1.165, 1.54) is 18.2 Å². The number of hydrogen-bond acceptors (Lipinski definition) is 3. The predicted molar refractivity (Wildman–Crippen MR) is 93.0 cm³/mol. The summed E-state index contributed by atoms with van der Waals surface area (Å²) >= 11 is 5.79. The highest BCUT2D eigenvalue weighted by Gasteiger charge is 2.31. The SMILES string of the molecule is Fc1ccc(C2NCCOC2OCCc2cc(Cl)cc(C(F)(F)F)c2)cc1. The van der Waals surface area contributed by atoms with Crippen molar-refractivity contribution in [2.45, 2.75) is 24.9 Å². The number of hydrogen-bond donors (Lipinski definition) is 1. The van der Waals surface area contributed by atoms with Gasteiger partial charge < -0.3 is 14.8 Å². The molecule has 0 bridgehead atoms. The highest BCUT2D eigenvalue weighted by atomic mass is 35.5. The van der Waals surface area contributed by atoms with Gasteiger partial charge in [0, 0.05) is 11.6 Å². The Balaban J connectivity index is 1.63. The zero-order chi connectivity index (χ0) is 19.4. The normalized spacial score (nSPS) is 20.6.